The van der Waals surface area contributed by atoms with Crippen LogP contribution in [-0.4, -0.2) is 202 Å². The number of ketones is 6. The molecule has 0 atom stereocenters. The van der Waals surface area contributed by atoms with Crippen LogP contribution < -0.4 is 15.2 Å². The number of nitrogens with zero attached hydrogens (tertiary/aromatic N) is 2. The highest BCUT2D eigenvalue weighted by Gasteiger charge is 2.24. The van der Waals surface area contributed by atoms with E-state index in [2.05, 4.69) is 80.9 Å². The number of aromatic hydroxyl groups is 3. The molecule has 0 saturated heterocycles. The number of aliphatic hydroxyl groups excluding tert-OH is 3. The van der Waals surface area contributed by atoms with Gasteiger partial charge in [-0.2, -0.15) is 0 Å². The summed E-state index contributed by atoms with van der Waals surface area (Å²) in [6.07, 6.45) is 2.38. The van der Waals surface area contributed by atoms with Gasteiger partial charge in [-0.1, -0.05) is 139 Å². The summed E-state index contributed by atoms with van der Waals surface area (Å²) in [4.78, 5) is 89.6. The molecule has 27 nitrogen and oxygen atoms in total. The number of nitrogens with two attached hydrogens (primary N) is 1. The summed E-state index contributed by atoms with van der Waals surface area (Å²) in [7, 11) is -7.34. The number of aliphatic hydroxyl groups is 3. The number of hydrogen-bond acceptors (Lipinski definition) is 30. The Kier molecular flexibility index (Phi) is 48.8. The Morgan fingerprint density at radius 1 is 0.456 bits per heavy atom. The number of rotatable bonds is 43. The molecule has 12 aromatic rings. The lowest BCUT2D eigenvalue weighted by atomic mass is 9.86. The minimum Gasteiger partial charge on any atom is -0.506 e. The van der Waals surface area contributed by atoms with Gasteiger partial charge < -0.3 is 66.9 Å². The molecule has 0 radical (unpaired) electrons. The maximum absolute atomic E-state index is 12.8. The van der Waals surface area contributed by atoms with E-state index in [9.17, 15) is 60.9 Å². The molecule has 0 unspecified atom stereocenters. The number of carbonyl (C=O) groups is 6. The molecule has 0 fully saturated rings. The number of sulfonamides is 2. The third-order valence-electron chi connectivity index (χ3n) is 19.6. The molecule has 0 saturated carbocycles. The van der Waals surface area contributed by atoms with Crippen LogP contribution in [0, 0.1) is 5.41 Å². The van der Waals surface area contributed by atoms with E-state index in [4.69, 9.17) is 63.9 Å². The first-order chi connectivity index (χ1) is 63.9. The summed E-state index contributed by atoms with van der Waals surface area (Å²) in [6, 6.07) is 51.4. The van der Waals surface area contributed by atoms with Gasteiger partial charge in [0, 0.05) is 98.2 Å². The Morgan fingerprint density at radius 2 is 0.794 bits per heavy atom. The van der Waals surface area contributed by atoms with Gasteiger partial charge >= 0.3 is 0 Å². The second-order valence-corrected chi connectivity index (χ2v) is 42.3. The predicted octanol–water partition coefficient (Wildman–Crippen LogP) is 18.2. The molecule has 15 N–H and O–H groups in total. The SMILES string of the molecule is CC(=N)c1csc(-c2ccc(C(C)(C)C)cc2)c1O.CC(=NCC(=O)c1ccc(C(=O)CCc2ccc(S(=O)(=O)NCCOCCO)cc2)s1)c1csc(-c2ccc(Cl)c(Cl)c2)c1O.CC(=NCC(=O)c1ccc(C(=O)CCc2ccc(S)cc2)s1)c1csc(-c2ccc(Br)cc2)c1O.CC(=O)c1ccc(C(=O)CCc2ccc(S(=O)(=O)NCCOCCO)cc2)s1.NCCOCCO.O.O. The van der Waals surface area contributed by atoms with Crippen LogP contribution in [0.3, 0.4) is 0 Å². The average molecular weight is 2130 g/mol. The molecule has 0 bridgehead atoms. The van der Waals surface area contributed by atoms with Crippen LogP contribution in [0.25, 0.3) is 31.3 Å². The topological polar surface area (TPSA) is 481 Å². The van der Waals surface area contributed by atoms with Crippen molar-refractivity contribution in [2.45, 2.75) is 107 Å². The van der Waals surface area contributed by atoms with E-state index >= 15 is 0 Å². The fourth-order valence-electron chi connectivity index (χ4n) is 12.2. The van der Waals surface area contributed by atoms with Gasteiger partial charge in [0.15, 0.2) is 34.7 Å². The van der Waals surface area contributed by atoms with E-state index in [1.807, 2.05) is 71.4 Å². The first kappa shape index (κ1) is 116. The van der Waals surface area contributed by atoms with E-state index in [1.165, 1.54) is 93.4 Å². The molecule has 0 spiro atoms. The van der Waals surface area contributed by atoms with Crippen LogP contribution in [0.5, 0.6) is 17.2 Å². The fourth-order valence-corrected chi connectivity index (χ4v) is 20.6. The van der Waals surface area contributed by atoms with Crippen molar-refractivity contribution in [1.29, 1.82) is 5.41 Å². The minimum atomic E-state index is -3.70. The number of thiophene rings is 6. The molecule has 728 valence electrons. The van der Waals surface area contributed by atoms with Crippen molar-refractivity contribution in [3.8, 4) is 48.6 Å². The molecule has 6 heterocycles. The molecule has 0 aliphatic rings. The molecule has 6 aromatic heterocycles. The van der Waals surface area contributed by atoms with Crippen LogP contribution in [0.15, 0.2) is 221 Å². The molecular formula is C97H109BrCl2N6O21S9. The van der Waals surface area contributed by atoms with Crippen molar-refractivity contribution < 1.29 is 101 Å². The predicted molar refractivity (Wildman–Crippen MR) is 554 cm³/mol. The highest BCUT2D eigenvalue weighted by Crippen LogP contribution is 2.43. The smallest absolute Gasteiger partial charge is 0.240 e. The van der Waals surface area contributed by atoms with Crippen molar-refractivity contribution in [2.75, 3.05) is 92.2 Å². The Labute approximate surface area is 839 Å². The number of carbonyl (C=O) groups excluding carboxylic acids is 6. The molecule has 0 aliphatic carbocycles. The van der Waals surface area contributed by atoms with E-state index in [-0.39, 0.29) is 163 Å². The van der Waals surface area contributed by atoms with E-state index < -0.39 is 20.0 Å². The van der Waals surface area contributed by atoms with Crippen molar-refractivity contribution >= 4 is 192 Å². The molecule has 39 heteroatoms. The summed E-state index contributed by atoms with van der Waals surface area (Å²) in [5.74, 6) is -0.174. The molecule has 0 aliphatic heterocycles. The average Bonchev–Trinajstić information content (AvgIpc) is 1.47. The van der Waals surface area contributed by atoms with Gasteiger partial charge in [-0.15, -0.1) is 80.6 Å². The summed E-state index contributed by atoms with van der Waals surface area (Å²) < 4.78 is 69.8. The second-order valence-electron chi connectivity index (χ2n) is 30.6. The fraction of sp³-hybridized carbons (Fsp3) is 0.289. The van der Waals surface area contributed by atoms with Gasteiger partial charge in [-0.05, 0) is 188 Å². The maximum Gasteiger partial charge on any atom is 0.240 e. The van der Waals surface area contributed by atoms with Gasteiger partial charge in [0.05, 0.1) is 123 Å². The number of hydrogen-bond donors (Lipinski definition) is 11. The van der Waals surface area contributed by atoms with Gasteiger partial charge in [-0.3, -0.25) is 38.8 Å². The first-order valence-corrected chi connectivity index (χ1v) is 51.9. The second kappa shape index (κ2) is 57.4. The largest absolute Gasteiger partial charge is 0.506 e. The van der Waals surface area contributed by atoms with Crippen LogP contribution in [0.1, 0.15) is 165 Å². The third-order valence-corrected chi connectivity index (χ3v) is 30.7. The maximum atomic E-state index is 12.8. The van der Waals surface area contributed by atoms with Crippen molar-refractivity contribution in [2.24, 2.45) is 15.7 Å². The van der Waals surface area contributed by atoms with Gasteiger partial charge in [0.1, 0.15) is 30.3 Å². The molecule has 12 rings (SSSR count). The van der Waals surface area contributed by atoms with Crippen molar-refractivity contribution in [3.05, 3.63) is 275 Å². The van der Waals surface area contributed by atoms with Crippen LogP contribution in [0.4, 0.5) is 0 Å². The molecular weight excluding hydrogens is 2020 g/mol. The van der Waals surface area contributed by atoms with Gasteiger partial charge in [-0.25, -0.2) is 26.3 Å². The highest BCUT2D eigenvalue weighted by molar-refractivity contribution is 9.10. The Hall–Kier alpha value is -9.18. The number of aliphatic imine (C=N–C) groups is 2. The number of Topliss-reactive ketones (excluding diaryl/α,β-unsaturated/α-hetero) is 6. The zero-order valence-electron chi connectivity index (χ0n) is 75.4. The molecule has 6 aromatic carbocycles. The normalized spacial score (nSPS) is 11.4. The zero-order chi connectivity index (χ0) is 97.8. The quantitative estimate of drug-likeness (QED) is 0.00732. The summed E-state index contributed by atoms with van der Waals surface area (Å²) >= 11 is 27.6. The lowest BCUT2D eigenvalue weighted by molar-refractivity contribution is 0.0961. The number of halogens is 3. The lowest BCUT2D eigenvalue weighted by Crippen LogP contribution is -2.27. The number of ether oxygens (including phenoxy) is 3. The summed E-state index contributed by atoms with van der Waals surface area (Å²) in [6.45, 7) is 15.1. The van der Waals surface area contributed by atoms with Crippen LogP contribution in [0.2, 0.25) is 10.0 Å². The summed E-state index contributed by atoms with van der Waals surface area (Å²) in [5.41, 5.74) is 15.1. The Bertz CT molecular complexity index is 6240. The minimum absolute atomic E-state index is 0. The Morgan fingerprint density at radius 3 is 1.15 bits per heavy atom. The number of thiol groups is 1. The van der Waals surface area contributed by atoms with E-state index in [1.54, 1.807) is 105 Å². The van der Waals surface area contributed by atoms with Crippen molar-refractivity contribution in [3.63, 3.8) is 0 Å². The number of nitrogens with one attached hydrogen (secondary N) is 3. The van der Waals surface area contributed by atoms with Crippen LogP contribution >= 0.6 is 120 Å². The number of aryl methyl sites for hydroxylation is 3. The highest BCUT2D eigenvalue weighted by atomic mass is 79.9. The molecule has 136 heavy (non-hydrogen) atoms. The third kappa shape index (κ3) is 35.9. The van der Waals surface area contributed by atoms with Crippen LogP contribution in [-0.2, 0) is 58.9 Å². The van der Waals surface area contributed by atoms with Gasteiger partial charge in [0.25, 0.3) is 0 Å². The summed E-state index contributed by atoms with van der Waals surface area (Å²) in [5, 5.41) is 70.9. The zero-order valence-corrected chi connectivity index (χ0v) is 86.0. The monoisotopic (exact) mass is 2130 g/mol. The lowest BCUT2D eigenvalue weighted by Gasteiger charge is -2.19. The first-order valence-electron chi connectivity index (χ1n) is 41.9. The van der Waals surface area contributed by atoms with Gasteiger partial charge in [0.2, 0.25) is 20.0 Å². The Balaban J connectivity index is 0.000000280. The number of benzene rings is 6. The van der Waals surface area contributed by atoms with E-state index in [0.29, 0.717) is 129 Å². The van der Waals surface area contributed by atoms with Crippen molar-refractivity contribution in [1.82, 2.24) is 9.44 Å². The standard InChI is InChI=1S/C31H30Cl2N2O7S3.C27H22BrNO3S3.C19H23NO6S2.C16H19NOS.C4H11NO2.2H2O/c1-19(23-18-43-31(30(23)39)21-5-8-24(32)25(33)16-21)34-17-27(38)29-11-10-28(44-29)26(37)9-4-20-2-6-22(7-3-20)45(40,41)35-12-14-42-15-13-36;1-16(21-15-34-27(26(21)32)18-5-7-19(28)8-6-18)29-14-23(31)25-13-12-24(35-25)22(30)11-4-17-2-9-20(33)10-3-17;1-14(22)18-8-9-19(27-18)17(23)7-4-15-2-5-16(6-3-15)28(24,25)20-10-12-26-13-11-21;1-10(17)13-9-19-15(14(13)18)11-5-7-12(8-6-11)16(2,3)4;5-1-3-7-4-2-6;;/h2-3,5-8,10-11,16,18,35-36,39H,4,9,12-15,17H2,1H3;2-3,5-10,12-13,15,32-33H,4,11,14H2,1H3;2-3,5-6,8-9,20-21H,4,7,10-13H2,1H3;5-9,17-18H,1-4H3;6H,1-5H2;2*1H2. The molecule has 0 amide bonds. The van der Waals surface area contributed by atoms with E-state index in [0.717, 1.165) is 58.3 Å².